The van der Waals surface area contributed by atoms with Crippen LogP contribution in [0.15, 0.2) is 74.0 Å². The number of nitrogens with zero attached hydrogens (tertiary/aromatic N) is 2. The second kappa shape index (κ2) is 6.84. The Morgan fingerprint density at radius 3 is 2.72 bits per heavy atom. The van der Waals surface area contributed by atoms with Gasteiger partial charge in [-0.3, -0.25) is 14.2 Å². The summed E-state index contributed by atoms with van der Waals surface area (Å²) in [6, 6.07) is 6.91. The topological polar surface area (TPSA) is 93.7 Å². The van der Waals surface area contributed by atoms with Crippen molar-refractivity contribution in [2.24, 2.45) is 16.3 Å². The van der Waals surface area contributed by atoms with Crippen molar-refractivity contribution < 1.29 is 14.0 Å². The number of nitrogens with one attached hydrogen (secondary N) is 1. The first-order valence-electron chi connectivity index (χ1n) is 9.35. The van der Waals surface area contributed by atoms with Gasteiger partial charge in [0.1, 0.15) is 6.54 Å². The van der Waals surface area contributed by atoms with Crippen molar-refractivity contribution in [1.82, 2.24) is 9.88 Å². The average Bonchev–Trinajstić information content (AvgIpc) is 2.95. The van der Waals surface area contributed by atoms with Gasteiger partial charge in [-0.2, -0.15) is 0 Å². The molecule has 2 aromatic rings. The number of oxazole rings is 1. The largest absolute Gasteiger partial charge is 0.420 e. The first kappa shape index (κ1) is 18.9. The summed E-state index contributed by atoms with van der Waals surface area (Å²) in [7, 11) is 0. The SMILES string of the molecule is CC(C)(C)C1=CC(=O)NC2=CC(=NC(=O)Cn3c(=O)oc4ccccc43)C=CC21. The number of benzene rings is 1. The number of carbonyl (C=O) groups excluding carboxylic acids is 2. The lowest BCUT2D eigenvalue weighted by Crippen LogP contribution is -2.36. The molecule has 7 heteroatoms. The molecule has 0 fully saturated rings. The zero-order valence-electron chi connectivity index (χ0n) is 16.4. The van der Waals surface area contributed by atoms with Crippen LogP contribution in [0.3, 0.4) is 0 Å². The quantitative estimate of drug-likeness (QED) is 0.852. The van der Waals surface area contributed by atoms with Gasteiger partial charge in [-0.25, -0.2) is 9.79 Å². The van der Waals surface area contributed by atoms with E-state index in [1.807, 2.05) is 6.08 Å². The van der Waals surface area contributed by atoms with E-state index >= 15 is 0 Å². The maximum atomic E-state index is 12.5. The molecule has 1 aliphatic carbocycles. The highest BCUT2D eigenvalue weighted by Crippen LogP contribution is 2.38. The predicted octanol–water partition coefficient (Wildman–Crippen LogP) is 2.73. The van der Waals surface area contributed by atoms with Crippen LogP contribution >= 0.6 is 0 Å². The molecule has 1 N–H and O–H groups in total. The molecule has 2 amide bonds. The molecule has 2 aliphatic rings. The summed E-state index contributed by atoms with van der Waals surface area (Å²) in [6.07, 6.45) is 7.03. The van der Waals surface area contributed by atoms with Gasteiger partial charge >= 0.3 is 5.76 Å². The van der Waals surface area contributed by atoms with Gasteiger partial charge in [0.2, 0.25) is 5.91 Å². The lowest BCUT2D eigenvalue weighted by Gasteiger charge is -2.34. The van der Waals surface area contributed by atoms with E-state index < -0.39 is 11.7 Å². The number of hydrogen-bond acceptors (Lipinski definition) is 4. The second-order valence-electron chi connectivity index (χ2n) is 8.13. The van der Waals surface area contributed by atoms with Gasteiger partial charge in [-0.1, -0.05) is 39.0 Å². The molecular weight excluding hydrogens is 370 g/mol. The van der Waals surface area contributed by atoms with E-state index in [0.717, 1.165) is 5.57 Å². The molecule has 148 valence electrons. The van der Waals surface area contributed by atoms with E-state index in [2.05, 4.69) is 31.1 Å². The molecular formula is C22H21N3O4. The first-order valence-corrected chi connectivity index (χ1v) is 9.35. The average molecular weight is 391 g/mol. The van der Waals surface area contributed by atoms with E-state index in [-0.39, 0.29) is 23.8 Å². The zero-order chi connectivity index (χ0) is 20.8. The van der Waals surface area contributed by atoms with Gasteiger partial charge < -0.3 is 9.73 Å². The van der Waals surface area contributed by atoms with Crippen LogP contribution in [0.1, 0.15) is 20.8 Å². The number of fused-ring (bicyclic) bond motifs is 2. The zero-order valence-corrected chi connectivity index (χ0v) is 16.4. The standard InChI is InChI=1S/C22H21N3O4/c1-22(2,3)15-11-19(26)24-16-10-13(8-9-14(15)16)23-20(27)12-25-17-6-4-5-7-18(17)29-21(25)28/h4-11,14H,12H2,1-3H3,(H,24,26). The van der Waals surface area contributed by atoms with E-state index in [0.29, 0.717) is 22.5 Å². The Hall–Kier alpha value is -3.48. The maximum absolute atomic E-state index is 12.5. The Kier molecular flexibility index (Phi) is 4.45. The summed E-state index contributed by atoms with van der Waals surface area (Å²) in [5.74, 6) is -1.32. The van der Waals surface area contributed by atoms with Crippen molar-refractivity contribution in [3.8, 4) is 0 Å². The monoisotopic (exact) mass is 391 g/mol. The van der Waals surface area contributed by atoms with Crippen LogP contribution in [-0.4, -0.2) is 22.1 Å². The molecule has 1 atom stereocenters. The third-order valence-electron chi connectivity index (χ3n) is 4.97. The predicted molar refractivity (Wildman–Crippen MR) is 109 cm³/mol. The molecule has 4 rings (SSSR count). The summed E-state index contributed by atoms with van der Waals surface area (Å²) in [4.78, 5) is 40.7. The number of aromatic nitrogens is 1. The minimum absolute atomic E-state index is 0.0535. The highest BCUT2D eigenvalue weighted by molar-refractivity contribution is 6.11. The van der Waals surface area contributed by atoms with E-state index in [1.165, 1.54) is 4.57 Å². The van der Waals surface area contributed by atoms with Crippen molar-refractivity contribution in [3.63, 3.8) is 0 Å². The Labute approximate surface area is 167 Å². The molecule has 1 unspecified atom stereocenters. The fourth-order valence-electron chi connectivity index (χ4n) is 3.62. The number of hydrogen-bond donors (Lipinski definition) is 1. The minimum Gasteiger partial charge on any atom is -0.408 e. The molecule has 0 saturated carbocycles. The Bertz CT molecular complexity index is 1200. The smallest absolute Gasteiger partial charge is 0.408 e. The number of amides is 2. The number of allylic oxidation sites excluding steroid dienone is 3. The molecule has 1 aliphatic heterocycles. The molecule has 2 heterocycles. The van der Waals surface area contributed by atoms with Crippen molar-refractivity contribution in [2.45, 2.75) is 27.3 Å². The van der Waals surface area contributed by atoms with Crippen molar-refractivity contribution in [3.05, 3.63) is 70.4 Å². The van der Waals surface area contributed by atoms with Crippen LogP contribution in [0.2, 0.25) is 0 Å². The lowest BCUT2D eigenvalue weighted by molar-refractivity contribution is -0.118. The van der Waals surface area contributed by atoms with Crippen molar-refractivity contribution >= 4 is 28.6 Å². The van der Waals surface area contributed by atoms with Crippen LogP contribution in [0, 0.1) is 11.3 Å². The molecule has 7 nitrogen and oxygen atoms in total. The van der Waals surface area contributed by atoms with Gasteiger partial charge in [0, 0.05) is 17.7 Å². The van der Waals surface area contributed by atoms with Gasteiger partial charge in [-0.15, -0.1) is 0 Å². The second-order valence-corrected chi connectivity index (χ2v) is 8.13. The Balaban J connectivity index is 1.59. The summed E-state index contributed by atoms with van der Waals surface area (Å²) in [6.45, 7) is 5.95. The molecule has 0 bridgehead atoms. The number of aliphatic imine (C=N–C) groups is 1. The number of rotatable bonds is 2. The molecule has 0 radical (unpaired) electrons. The molecule has 29 heavy (non-hydrogen) atoms. The maximum Gasteiger partial charge on any atom is 0.420 e. The Morgan fingerprint density at radius 1 is 1.21 bits per heavy atom. The highest BCUT2D eigenvalue weighted by atomic mass is 16.4. The third kappa shape index (κ3) is 3.63. The normalized spacial score (nSPS) is 20.3. The number of carbonyl (C=O) groups is 2. The van der Waals surface area contributed by atoms with E-state index in [1.54, 1.807) is 42.5 Å². The highest BCUT2D eigenvalue weighted by Gasteiger charge is 2.32. The van der Waals surface area contributed by atoms with E-state index in [9.17, 15) is 14.4 Å². The summed E-state index contributed by atoms with van der Waals surface area (Å²) in [5, 5.41) is 2.83. The minimum atomic E-state index is -0.600. The van der Waals surface area contributed by atoms with Crippen molar-refractivity contribution in [1.29, 1.82) is 0 Å². The summed E-state index contributed by atoms with van der Waals surface area (Å²) < 4.78 is 6.40. The summed E-state index contributed by atoms with van der Waals surface area (Å²) in [5.41, 5.74) is 2.93. The van der Waals surface area contributed by atoms with Gasteiger partial charge in [0.25, 0.3) is 5.91 Å². The third-order valence-corrected chi connectivity index (χ3v) is 4.97. The first-order chi connectivity index (χ1) is 13.7. The lowest BCUT2D eigenvalue weighted by atomic mass is 9.74. The van der Waals surface area contributed by atoms with Crippen LogP contribution in [0.25, 0.3) is 11.1 Å². The van der Waals surface area contributed by atoms with Crippen LogP contribution < -0.4 is 11.1 Å². The van der Waals surface area contributed by atoms with Gasteiger partial charge in [0.05, 0.1) is 11.2 Å². The van der Waals surface area contributed by atoms with Crippen LogP contribution in [0.4, 0.5) is 0 Å². The van der Waals surface area contributed by atoms with Gasteiger partial charge in [0.15, 0.2) is 5.58 Å². The Morgan fingerprint density at radius 2 is 1.97 bits per heavy atom. The van der Waals surface area contributed by atoms with Crippen molar-refractivity contribution in [2.75, 3.05) is 0 Å². The van der Waals surface area contributed by atoms with Crippen LogP contribution in [0.5, 0.6) is 0 Å². The summed E-state index contributed by atoms with van der Waals surface area (Å²) >= 11 is 0. The fraction of sp³-hybridized carbons (Fsp3) is 0.273. The van der Waals surface area contributed by atoms with Gasteiger partial charge in [-0.05, 0) is 35.3 Å². The molecule has 1 aromatic carbocycles. The van der Waals surface area contributed by atoms with Crippen LogP contribution in [-0.2, 0) is 16.1 Å². The molecule has 0 saturated heterocycles. The fourth-order valence-corrected chi connectivity index (χ4v) is 3.62. The molecule has 0 spiro atoms. The number of para-hydroxylation sites is 2. The van der Waals surface area contributed by atoms with E-state index in [4.69, 9.17) is 4.42 Å². The molecule has 1 aromatic heterocycles.